The first kappa shape index (κ1) is 8.55. The van der Waals surface area contributed by atoms with Crippen LogP contribution in [0.25, 0.3) is 0 Å². The van der Waals surface area contributed by atoms with E-state index in [1.54, 1.807) is 0 Å². The van der Waals surface area contributed by atoms with Crippen molar-refractivity contribution in [2.75, 3.05) is 0 Å². The zero-order valence-electron chi connectivity index (χ0n) is 8.16. The standard InChI is InChI=1S/C13H16/c1-11-7-9-13(10-8-11)12-5-3-2-4-6-12/h3,5,7-10,12H,2,4,6H2,1H3. The molecule has 1 aromatic rings. The van der Waals surface area contributed by atoms with E-state index in [0.717, 1.165) is 0 Å². The van der Waals surface area contributed by atoms with Crippen molar-refractivity contribution in [3.8, 4) is 0 Å². The number of allylic oxidation sites excluding steroid dienone is 2. The molecule has 1 aromatic carbocycles. The normalized spacial score (nSPS) is 21.8. The zero-order valence-corrected chi connectivity index (χ0v) is 8.16. The van der Waals surface area contributed by atoms with Gasteiger partial charge in [0.1, 0.15) is 0 Å². The van der Waals surface area contributed by atoms with E-state index < -0.39 is 0 Å². The van der Waals surface area contributed by atoms with Crippen LogP contribution >= 0.6 is 0 Å². The molecule has 0 heteroatoms. The van der Waals surface area contributed by atoms with Crippen molar-refractivity contribution in [1.29, 1.82) is 0 Å². The summed E-state index contributed by atoms with van der Waals surface area (Å²) in [5.74, 6) is 0.675. The maximum Gasteiger partial charge on any atom is 0.00180 e. The fraction of sp³-hybridized carbons (Fsp3) is 0.385. The molecule has 0 nitrogen and oxygen atoms in total. The van der Waals surface area contributed by atoms with Gasteiger partial charge in [-0.1, -0.05) is 42.0 Å². The Labute approximate surface area is 80.3 Å². The summed E-state index contributed by atoms with van der Waals surface area (Å²) in [7, 11) is 0. The van der Waals surface area contributed by atoms with Gasteiger partial charge in [0.15, 0.2) is 0 Å². The molecule has 0 N–H and O–H groups in total. The van der Waals surface area contributed by atoms with Gasteiger partial charge in [-0.05, 0) is 31.7 Å². The van der Waals surface area contributed by atoms with Crippen molar-refractivity contribution >= 4 is 0 Å². The van der Waals surface area contributed by atoms with E-state index in [-0.39, 0.29) is 0 Å². The highest BCUT2D eigenvalue weighted by Gasteiger charge is 2.09. The summed E-state index contributed by atoms with van der Waals surface area (Å²) in [5, 5.41) is 0. The Morgan fingerprint density at radius 2 is 1.92 bits per heavy atom. The third kappa shape index (κ3) is 2.00. The van der Waals surface area contributed by atoms with Gasteiger partial charge in [-0.25, -0.2) is 0 Å². The average Bonchev–Trinajstić information content (AvgIpc) is 2.20. The van der Waals surface area contributed by atoms with Gasteiger partial charge < -0.3 is 0 Å². The van der Waals surface area contributed by atoms with Crippen molar-refractivity contribution in [2.45, 2.75) is 32.1 Å². The Morgan fingerprint density at radius 1 is 1.15 bits per heavy atom. The highest BCUT2D eigenvalue weighted by atomic mass is 14.1. The second-order valence-electron chi connectivity index (χ2n) is 3.88. The van der Waals surface area contributed by atoms with Gasteiger partial charge in [-0.2, -0.15) is 0 Å². The van der Waals surface area contributed by atoms with Gasteiger partial charge in [-0.15, -0.1) is 0 Å². The first-order valence-corrected chi connectivity index (χ1v) is 5.09. The molecule has 0 saturated carbocycles. The van der Waals surface area contributed by atoms with Crippen LogP contribution < -0.4 is 0 Å². The summed E-state index contributed by atoms with van der Waals surface area (Å²) in [4.78, 5) is 0. The Morgan fingerprint density at radius 3 is 2.54 bits per heavy atom. The third-order valence-corrected chi connectivity index (χ3v) is 2.76. The number of benzene rings is 1. The van der Waals surface area contributed by atoms with Crippen LogP contribution in [0.5, 0.6) is 0 Å². The first-order valence-electron chi connectivity index (χ1n) is 5.09. The number of hydrogen-bond acceptors (Lipinski definition) is 0. The van der Waals surface area contributed by atoms with Crippen molar-refractivity contribution in [1.82, 2.24) is 0 Å². The maximum absolute atomic E-state index is 2.36. The topological polar surface area (TPSA) is 0 Å². The minimum absolute atomic E-state index is 0.675. The quantitative estimate of drug-likeness (QED) is 0.565. The molecule has 0 heterocycles. The molecule has 13 heavy (non-hydrogen) atoms. The average molecular weight is 172 g/mol. The monoisotopic (exact) mass is 172 g/mol. The molecular weight excluding hydrogens is 156 g/mol. The van der Waals surface area contributed by atoms with E-state index in [0.29, 0.717) is 5.92 Å². The molecule has 1 aliphatic rings. The maximum atomic E-state index is 2.36. The molecule has 1 unspecified atom stereocenters. The number of aryl methyl sites for hydroxylation is 1. The summed E-state index contributed by atoms with van der Waals surface area (Å²) in [6.07, 6.45) is 8.60. The van der Waals surface area contributed by atoms with E-state index in [2.05, 4.69) is 43.3 Å². The Bertz CT molecular complexity index is 292. The van der Waals surface area contributed by atoms with E-state index in [1.807, 2.05) is 0 Å². The lowest BCUT2D eigenvalue weighted by Crippen LogP contribution is -1.98. The molecule has 1 aliphatic carbocycles. The molecule has 68 valence electrons. The molecule has 0 aliphatic heterocycles. The molecule has 0 radical (unpaired) electrons. The van der Waals surface area contributed by atoms with E-state index >= 15 is 0 Å². The highest BCUT2D eigenvalue weighted by molar-refractivity contribution is 5.28. The van der Waals surface area contributed by atoms with Gasteiger partial charge in [0.25, 0.3) is 0 Å². The van der Waals surface area contributed by atoms with Crippen LogP contribution in [-0.4, -0.2) is 0 Å². The molecule has 0 saturated heterocycles. The fourth-order valence-corrected chi connectivity index (χ4v) is 1.90. The van der Waals surface area contributed by atoms with Crippen LogP contribution in [0.15, 0.2) is 36.4 Å². The first-order chi connectivity index (χ1) is 6.36. The summed E-state index contributed by atoms with van der Waals surface area (Å²) in [6, 6.07) is 8.93. The minimum Gasteiger partial charge on any atom is -0.0879 e. The second kappa shape index (κ2) is 3.78. The summed E-state index contributed by atoms with van der Waals surface area (Å²) >= 11 is 0. The summed E-state index contributed by atoms with van der Waals surface area (Å²) in [5.41, 5.74) is 2.82. The molecular formula is C13H16. The van der Waals surface area contributed by atoms with Crippen LogP contribution in [0.3, 0.4) is 0 Å². The van der Waals surface area contributed by atoms with Gasteiger partial charge in [0.2, 0.25) is 0 Å². The van der Waals surface area contributed by atoms with Gasteiger partial charge in [0, 0.05) is 5.92 Å². The predicted molar refractivity (Wildman–Crippen MR) is 56.9 cm³/mol. The van der Waals surface area contributed by atoms with Crippen molar-refractivity contribution < 1.29 is 0 Å². The van der Waals surface area contributed by atoms with Crippen molar-refractivity contribution in [3.05, 3.63) is 47.5 Å². The lowest BCUT2D eigenvalue weighted by atomic mass is 9.89. The fourth-order valence-electron chi connectivity index (χ4n) is 1.90. The molecule has 1 atom stereocenters. The van der Waals surface area contributed by atoms with Crippen LogP contribution in [0, 0.1) is 6.92 Å². The summed E-state index contributed by atoms with van der Waals surface area (Å²) in [6.45, 7) is 2.14. The SMILES string of the molecule is Cc1ccc(C2C=CCCC2)cc1. The lowest BCUT2D eigenvalue weighted by molar-refractivity contribution is 0.654. The van der Waals surface area contributed by atoms with Crippen LogP contribution in [0.4, 0.5) is 0 Å². The molecule has 0 amide bonds. The largest absolute Gasteiger partial charge is 0.0879 e. The third-order valence-electron chi connectivity index (χ3n) is 2.76. The Hall–Kier alpha value is -1.04. The Kier molecular flexibility index (Phi) is 2.49. The number of rotatable bonds is 1. The highest BCUT2D eigenvalue weighted by Crippen LogP contribution is 2.27. The smallest absolute Gasteiger partial charge is 0.00180 e. The molecule has 2 rings (SSSR count). The van der Waals surface area contributed by atoms with Crippen LogP contribution in [0.1, 0.15) is 36.3 Å². The second-order valence-corrected chi connectivity index (χ2v) is 3.88. The van der Waals surface area contributed by atoms with Gasteiger partial charge in [-0.3, -0.25) is 0 Å². The van der Waals surface area contributed by atoms with E-state index in [1.165, 1.54) is 30.4 Å². The summed E-state index contributed by atoms with van der Waals surface area (Å²) < 4.78 is 0. The van der Waals surface area contributed by atoms with Crippen molar-refractivity contribution in [3.63, 3.8) is 0 Å². The van der Waals surface area contributed by atoms with E-state index in [4.69, 9.17) is 0 Å². The molecule has 0 aromatic heterocycles. The number of hydrogen-bond donors (Lipinski definition) is 0. The molecule has 0 fully saturated rings. The van der Waals surface area contributed by atoms with Crippen LogP contribution in [-0.2, 0) is 0 Å². The lowest BCUT2D eigenvalue weighted by Gasteiger charge is -2.16. The minimum atomic E-state index is 0.675. The predicted octanol–water partition coefficient (Wildman–Crippen LogP) is 3.82. The molecule has 0 spiro atoms. The molecule has 0 bridgehead atoms. The van der Waals surface area contributed by atoms with Crippen LogP contribution in [0.2, 0.25) is 0 Å². The van der Waals surface area contributed by atoms with Crippen molar-refractivity contribution in [2.24, 2.45) is 0 Å². The van der Waals surface area contributed by atoms with Gasteiger partial charge in [0.05, 0.1) is 0 Å². The van der Waals surface area contributed by atoms with E-state index in [9.17, 15) is 0 Å². The van der Waals surface area contributed by atoms with Gasteiger partial charge >= 0.3 is 0 Å². The Balaban J connectivity index is 2.19. The zero-order chi connectivity index (χ0) is 9.10.